The molecule has 0 saturated heterocycles. The normalized spacial score (nSPS) is 8.95. The van der Waals surface area contributed by atoms with Crippen LogP contribution in [0, 0.1) is 22.7 Å². The number of ether oxygens (including phenoxy) is 1. The zero-order chi connectivity index (χ0) is 14.8. The lowest BCUT2D eigenvalue weighted by Gasteiger charge is -2.09. The summed E-state index contributed by atoms with van der Waals surface area (Å²) in [6.07, 6.45) is 3.02. The number of nitrogens with one attached hydrogen (secondary N) is 1. The average molecular weight is 269 g/mol. The number of nitriles is 2. The molecule has 0 spiro atoms. The maximum Gasteiger partial charge on any atom is 0.340 e. The van der Waals surface area contributed by atoms with Gasteiger partial charge in [0, 0.05) is 6.20 Å². The Morgan fingerprint density at radius 2 is 2.05 bits per heavy atom. The molecular weight excluding hydrogens is 254 g/mol. The summed E-state index contributed by atoms with van der Waals surface area (Å²) in [7, 11) is 0. The largest absolute Gasteiger partial charge is 0.462 e. The minimum atomic E-state index is -0.426. The van der Waals surface area contributed by atoms with Crippen molar-refractivity contribution in [2.75, 3.05) is 11.9 Å². The molecule has 1 rings (SSSR count). The van der Waals surface area contributed by atoms with E-state index >= 15 is 0 Å². The molecule has 1 N–H and O–H groups in total. The van der Waals surface area contributed by atoms with Gasteiger partial charge in [-0.3, -0.25) is 0 Å². The first-order chi connectivity index (χ1) is 9.72. The van der Waals surface area contributed by atoms with Crippen molar-refractivity contribution in [3.63, 3.8) is 0 Å². The summed E-state index contributed by atoms with van der Waals surface area (Å²) in [4.78, 5) is 11.9. The number of hydrogen-bond donors (Lipinski definition) is 1. The van der Waals surface area contributed by atoms with Crippen LogP contribution in [0.25, 0.3) is 0 Å². The summed E-state index contributed by atoms with van der Waals surface area (Å²) in [6, 6.07) is 10.2. The van der Waals surface area contributed by atoms with Crippen LogP contribution in [0.4, 0.5) is 5.69 Å². The molecule has 0 aliphatic carbocycles. The molecule has 0 amide bonds. The minimum absolute atomic E-state index is 0.0702. The molecule has 0 radical (unpaired) electrons. The van der Waals surface area contributed by atoms with Gasteiger partial charge in [-0.1, -0.05) is 25.5 Å². The number of carbonyl (C=O) groups excluding carboxylic acids is 1. The van der Waals surface area contributed by atoms with Gasteiger partial charge in [0.1, 0.15) is 17.7 Å². The van der Waals surface area contributed by atoms with E-state index in [-0.39, 0.29) is 5.57 Å². The number of rotatable bonds is 6. The van der Waals surface area contributed by atoms with Gasteiger partial charge < -0.3 is 10.1 Å². The second kappa shape index (κ2) is 8.34. The number of carbonyl (C=O) groups is 1. The number of hydrogen-bond acceptors (Lipinski definition) is 5. The van der Waals surface area contributed by atoms with Crippen molar-refractivity contribution >= 4 is 11.7 Å². The number of unbranched alkanes of at least 4 members (excludes halogenated alkanes) is 1. The second-order valence-electron chi connectivity index (χ2n) is 3.96. The van der Waals surface area contributed by atoms with Gasteiger partial charge in [-0.05, 0) is 18.6 Å². The summed E-state index contributed by atoms with van der Waals surface area (Å²) in [5.41, 5.74) is 0.797. The van der Waals surface area contributed by atoms with E-state index in [4.69, 9.17) is 15.3 Å². The molecule has 0 fully saturated rings. The van der Waals surface area contributed by atoms with E-state index in [0.717, 1.165) is 12.8 Å². The lowest BCUT2D eigenvalue weighted by molar-refractivity contribution is 0.0501. The third kappa shape index (κ3) is 4.47. The molecule has 0 saturated carbocycles. The van der Waals surface area contributed by atoms with E-state index in [9.17, 15) is 4.79 Å². The highest BCUT2D eigenvalue weighted by Crippen LogP contribution is 2.16. The Bertz CT molecular complexity index is 564. The van der Waals surface area contributed by atoms with Gasteiger partial charge >= 0.3 is 5.97 Å². The average Bonchev–Trinajstić information content (AvgIpc) is 2.49. The van der Waals surface area contributed by atoms with Gasteiger partial charge in [-0.25, -0.2) is 4.79 Å². The Morgan fingerprint density at radius 1 is 1.35 bits per heavy atom. The molecule has 0 bridgehead atoms. The Kier molecular flexibility index (Phi) is 6.36. The van der Waals surface area contributed by atoms with Crippen molar-refractivity contribution in [3.8, 4) is 12.1 Å². The van der Waals surface area contributed by atoms with Crippen molar-refractivity contribution in [3.05, 3.63) is 41.6 Å². The third-order valence-electron chi connectivity index (χ3n) is 2.49. The fourth-order valence-corrected chi connectivity index (χ4v) is 1.41. The summed E-state index contributed by atoms with van der Waals surface area (Å²) >= 11 is 0. The van der Waals surface area contributed by atoms with Crippen LogP contribution in [-0.2, 0) is 4.74 Å². The summed E-state index contributed by atoms with van der Waals surface area (Å²) in [5, 5.41) is 20.1. The van der Waals surface area contributed by atoms with E-state index in [0.29, 0.717) is 17.9 Å². The highest BCUT2D eigenvalue weighted by molar-refractivity contribution is 5.95. The molecule has 5 heteroatoms. The zero-order valence-corrected chi connectivity index (χ0v) is 11.2. The van der Waals surface area contributed by atoms with Gasteiger partial charge in [-0.15, -0.1) is 0 Å². The number of para-hydroxylation sites is 1. The van der Waals surface area contributed by atoms with Gasteiger partial charge in [-0.2, -0.15) is 10.5 Å². The fourth-order valence-electron chi connectivity index (χ4n) is 1.41. The van der Waals surface area contributed by atoms with Crippen LogP contribution in [0.3, 0.4) is 0 Å². The minimum Gasteiger partial charge on any atom is -0.462 e. The van der Waals surface area contributed by atoms with Crippen LogP contribution in [0.1, 0.15) is 30.1 Å². The molecule has 1 aromatic carbocycles. The number of nitrogens with zero attached hydrogens (tertiary/aromatic N) is 2. The van der Waals surface area contributed by atoms with Gasteiger partial charge in [0.25, 0.3) is 0 Å². The lowest BCUT2D eigenvalue weighted by Crippen LogP contribution is -2.09. The standard InChI is InChI=1S/C15H15N3O2/c1-2-3-8-20-15(19)13-6-4-5-7-14(13)18-11-12(9-16)10-17/h4-7,11,18H,2-3,8H2,1H3. The second-order valence-corrected chi connectivity index (χ2v) is 3.96. The molecule has 0 atom stereocenters. The van der Waals surface area contributed by atoms with Crippen molar-refractivity contribution in [1.29, 1.82) is 10.5 Å². The molecule has 0 heterocycles. The van der Waals surface area contributed by atoms with Gasteiger partial charge in [0.15, 0.2) is 0 Å². The van der Waals surface area contributed by atoms with E-state index in [1.807, 2.05) is 6.92 Å². The first-order valence-corrected chi connectivity index (χ1v) is 6.26. The van der Waals surface area contributed by atoms with Crippen molar-refractivity contribution < 1.29 is 9.53 Å². The molecule has 0 unspecified atom stereocenters. The molecule has 5 nitrogen and oxygen atoms in total. The Balaban J connectivity index is 2.84. The van der Waals surface area contributed by atoms with Gasteiger partial charge in [0.05, 0.1) is 17.9 Å². The lowest BCUT2D eigenvalue weighted by atomic mass is 10.2. The fraction of sp³-hybridized carbons (Fsp3) is 0.267. The molecule has 0 aliphatic heterocycles. The smallest absolute Gasteiger partial charge is 0.340 e. The van der Waals surface area contributed by atoms with Crippen LogP contribution < -0.4 is 5.32 Å². The molecule has 0 aromatic heterocycles. The number of esters is 1. The van der Waals surface area contributed by atoms with Crippen LogP contribution in [-0.4, -0.2) is 12.6 Å². The first kappa shape index (κ1) is 15.3. The molecule has 102 valence electrons. The van der Waals surface area contributed by atoms with Crippen LogP contribution in [0.2, 0.25) is 0 Å². The van der Waals surface area contributed by atoms with E-state index in [1.165, 1.54) is 6.20 Å². The highest BCUT2D eigenvalue weighted by atomic mass is 16.5. The Labute approximate surface area is 118 Å². The quantitative estimate of drug-likeness (QED) is 0.487. The predicted molar refractivity (Wildman–Crippen MR) is 74.6 cm³/mol. The topological polar surface area (TPSA) is 85.9 Å². The van der Waals surface area contributed by atoms with E-state index in [2.05, 4.69) is 5.32 Å². The van der Waals surface area contributed by atoms with Crippen LogP contribution >= 0.6 is 0 Å². The molecule has 0 aliphatic rings. The Hall–Kier alpha value is -2.79. The van der Waals surface area contributed by atoms with E-state index in [1.54, 1.807) is 36.4 Å². The zero-order valence-electron chi connectivity index (χ0n) is 11.2. The maximum atomic E-state index is 11.9. The maximum absolute atomic E-state index is 11.9. The molecule has 1 aromatic rings. The highest BCUT2D eigenvalue weighted by Gasteiger charge is 2.11. The first-order valence-electron chi connectivity index (χ1n) is 6.26. The molecule has 20 heavy (non-hydrogen) atoms. The Morgan fingerprint density at radius 3 is 2.70 bits per heavy atom. The van der Waals surface area contributed by atoms with Crippen molar-refractivity contribution in [1.82, 2.24) is 0 Å². The monoisotopic (exact) mass is 269 g/mol. The van der Waals surface area contributed by atoms with Crippen molar-refractivity contribution in [2.24, 2.45) is 0 Å². The summed E-state index contributed by atoms with van der Waals surface area (Å²) < 4.78 is 5.14. The van der Waals surface area contributed by atoms with Gasteiger partial charge in [0.2, 0.25) is 0 Å². The number of anilines is 1. The van der Waals surface area contributed by atoms with Crippen LogP contribution in [0.15, 0.2) is 36.0 Å². The SMILES string of the molecule is CCCCOC(=O)c1ccccc1NC=C(C#N)C#N. The molecular formula is C15H15N3O2. The third-order valence-corrected chi connectivity index (χ3v) is 2.49. The van der Waals surface area contributed by atoms with E-state index < -0.39 is 5.97 Å². The van der Waals surface area contributed by atoms with Crippen molar-refractivity contribution in [2.45, 2.75) is 19.8 Å². The number of allylic oxidation sites excluding steroid dienone is 1. The number of benzene rings is 1. The predicted octanol–water partition coefficient (Wildman–Crippen LogP) is 2.99. The summed E-state index contributed by atoms with van der Waals surface area (Å²) in [5.74, 6) is -0.426. The van der Waals surface area contributed by atoms with Crippen LogP contribution in [0.5, 0.6) is 0 Å². The summed E-state index contributed by atoms with van der Waals surface area (Å²) in [6.45, 7) is 2.39.